The van der Waals surface area contributed by atoms with E-state index in [2.05, 4.69) is 32.0 Å². The molecule has 128 valence electrons. The Morgan fingerprint density at radius 2 is 1.62 bits per heavy atom. The largest absolute Gasteiger partial charge is 0.206 e. The third-order valence-corrected chi connectivity index (χ3v) is 5.68. The summed E-state index contributed by atoms with van der Waals surface area (Å²) in [5.74, 6) is 1.36. The minimum absolute atomic E-state index is 0.0765. The van der Waals surface area contributed by atoms with Crippen LogP contribution in [0.5, 0.6) is 0 Å². The van der Waals surface area contributed by atoms with Crippen molar-refractivity contribution in [3.63, 3.8) is 0 Å². The Balaban J connectivity index is 1.73. The Labute approximate surface area is 146 Å². The quantitative estimate of drug-likeness (QED) is 0.549. The summed E-state index contributed by atoms with van der Waals surface area (Å²) < 4.78 is 14.7. The fourth-order valence-electron chi connectivity index (χ4n) is 4.13. The summed E-state index contributed by atoms with van der Waals surface area (Å²) in [4.78, 5) is 0. The van der Waals surface area contributed by atoms with Gasteiger partial charge in [0.05, 0.1) is 0 Å². The predicted octanol–water partition coefficient (Wildman–Crippen LogP) is 7.13. The summed E-state index contributed by atoms with van der Waals surface area (Å²) in [6.07, 6.45) is 8.70. The monoisotopic (exact) mass is 324 g/mol. The molecule has 0 atom stereocenters. The molecule has 1 fully saturated rings. The van der Waals surface area contributed by atoms with Gasteiger partial charge in [0.1, 0.15) is 5.82 Å². The van der Waals surface area contributed by atoms with Gasteiger partial charge in [0.2, 0.25) is 0 Å². The number of hydrogen-bond acceptors (Lipinski definition) is 0. The Kier molecular flexibility index (Phi) is 5.71. The van der Waals surface area contributed by atoms with Gasteiger partial charge in [-0.25, -0.2) is 4.39 Å². The zero-order chi connectivity index (χ0) is 16.9. The lowest BCUT2D eigenvalue weighted by Crippen LogP contribution is -2.13. The van der Waals surface area contributed by atoms with Gasteiger partial charge in [-0.2, -0.15) is 0 Å². The van der Waals surface area contributed by atoms with Gasteiger partial charge in [-0.3, -0.25) is 0 Å². The number of benzene rings is 2. The lowest BCUT2D eigenvalue weighted by atomic mass is 9.77. The van der Waals surface area contributed by atoms with Gasteiger partial charge in [0, 0.05) is 5.56 Å². The van der Waals surface area contributed by atoms with Crippen molar-refractivity contribution in [2.24, 2.45) is 5.92 Å². The summed E-state index contributed by atoms with van der Waals surface area (Å²) in [5.41, 5.74) is 4.18. The lowest BCUT2D eigenvalue weighted by molar-refractivity contribution is 0.308. The van der Waals surface area contributed by atoms with Crippen molar-refractivity contribution in [3.8, 4) is 11.1 Å². The van der Waals surface area contributed by atoms with Gasteiger partial charge < -0.3 is 0 Å². The zero-order valence-electron chi connectivity index (χ0n) is 15.0. The molecule has 0 aromatic heterocycles. The van der Waals surface area contributed by atoms with Crippen LogP contribution in [0.4, 0.5) is 4.39 Å². The summed E-state index contributed by atoms with van der Waals surface area (Å²) in [7, 11) is 0. The Hall–Kier alpha value is -1.63. The molecular formula is C23H29F. The number of hydrogen-bond donors (Lipinski definition) is 0. The average molecular weight is 324 g/mol. The van der Waals surface area contributed by atoms with Crippen molar-refractivity contribution in [1.82, 2.24) is 0 Å². The molecule has 0 bridgehead atoms. The molecule has 0 heterocycles. The van der Waals surface area contributed by atoms with E-state index >= 15 is 0 Å². The van der Waals surface area contributed by atoms with E-state index in [0.29, 0.717) is 5.92 Å². The molecule has 0 spiro atoms. The van der Waals surface area contributed by atoms with Gasteiger partial charge >= 0.3 is 0 Å². The van der Waals surface area contributed by atoms with Gasteiger partial charge in [0.15, 0.2) is 0 Å². The van der Waals surface area contributed by atoms with E-state index in [-0.39, 0.29) is 5.82 Å². The minimum atomic E-state index is -0.0765. The first-order valence-electron chi connectivity index (χ1n) is 9.60. The molecule has 0 saturated heterocycles. The molecule has 1 saturated carbocycles. The van der Waals surface area contributed by atoms with E-state index in [1.54, 1.807) is 6.07 Å². The van der Waals surface area contributed by atoms with E-state index in [1.807, 2.05) is 18.2 Å². The van der Waals surface area contributed by atoms with E-state index in [1.165, 1.54) is 49.7 Å². The number of rotatable bonds is 5. The van der Waals surface area contributed by atoms with Crippen LogP contribution in [0.25, 0.3) is 11.1 Å². The van der Waals surface area contributed by atoms with Crippen LogP contribution in [0.3, 0.4) is 0 Å². The molecule has 2 aromatic rings. The lowest BCUT2D eigenvalue weighted by Gasteiger charge is -2.28. The van der Waals surface area contributed by atoms with Crippen molar-refractivity contribution >= 4 is 0 Å². The second kappa shape index (κ2) is 7.96. The van der Waals surface area contributed by atoms with E-state index in [9.17, 15) is 4.39 Å². The summed E-state index contributed by atoms with van der Waals surface area (Å²) in [5, 5.41) is 0. The maximum atomic E-state index is 14.7. The van der Waals surface area contributed by atoms with Crippen molar-refractivity contribution in [1.29, 1.82) is 0 Å². The minimum Gasteiger partial charge on any atom is -0.206 e. The van der Waals surface area contributed by atoms with Crippen LogP contribution in [0.1, 0.15) is 69.4 Å². The summed E-state index contributed by atoms with van der Waals surface area (Å²) in [6, 6.07) is 14.2. The topological polar surface area (TPSA) is 0 Å². The van der Waals surface area contributed by atoms with Crippen LogP contribution in [0.15, 0.2) is 42.5 Å². The maximum Gasteiger partial charge on any atom is 0.131 e. The number of halogens is 1. The third-order valence-electron chi connectivity index (χ3n) is 5.68. The van der Waals surface area contributed by atoms with Crippen molar-refractivity contribution in [2.45, 2.75) is 64.7 Å². The predicted molar refractivity (Wildman–Crippen MR) is 101 cm³/mol. The van der Waals surface area contributed by atoms with Crippen LogP contribution in [0.2, 0.25) is 0 Å². The molecule has 0 nitrogen and oxygen atoms in total. The Morgan fingerprint density at radius 3 is 2.21 bits per heavy atom. The standard InChI is InChI=1S/C23H29F/c1-3-5-18-8-10-19(11-9-18)21-14-15-22(23(24)16-21)20-12-6-17(4-2)7-13-20/h6-7,12-16,18-19H,3-5,8-11H2,1-2H3/t18-,19-. The first-order chi connectivity index (χ1) is 11.7. The molecule has 0 radical (unpaired) electrons. The number of aryl methyl sites for hydroxylation is 1. The smallest absolute Gasteiger partial charge is 0.131 e. The van der Waals surface area contributed by atoms with Gasteiger partial charge in [-0.1, -0.05) is 63.1 Å². The molecule has 3 rings (SSSR count). The highest BCUT2D eigenvalue weighted by molar-refractivity contribution is 5.65. The SMILES string of the molecule is CCC[C@H]1CC[C@H](c2ccc(-c3ccc(CC)cc3)c(F)c2)CC1. The first kappa shape index (κ1) is 17.2. The van der Waals surface area contributed by atoms with Crippen LogP contribution >= 0.6 is 0 Å². The second-order valence-electron chi connectivity index (χ2n) is 7.30. The van der Waals surface area contributed by atoms with E-state index in [0.717, 1.165) is 23.5 Å². The van der Waals surface area contributed by atoms with Crippen LogP contribution in [-0.2, 0) is 6.42 Å². The maximum absolute atomic E-state index is 14.7. The van der Waals surface area contributed by atoms with Crippen LogP contribution in [0, 0.1) is 11.7 Å². The van der Waals surface area contributed by atoms with Gasteiger partial charge in [-0.05, 0) is 66.7 Å². The van der Waals surface area contributed by atoms with Gasteiger partial charge in [-0.15, -0.1) is 0 Å². The van der Waals surface area contributed by atoms with Crippen molar-refractivity contribution in [3.05, 3.63) is 59.4 Å². The normalized spacial score (nSPS) is 21.0. The van der Waals surface area contributed by atoms with E-state index < -0.39 is 0 Å². The summed E-state index contributed by atoms with van der Waals surface area (Å²) >= 11 is 0. The fourth-order valence-corrected chi connectivity index (χ4v) is 4.13. The highest BCUT2D eigenvalue weighted by Gasteiger charge is 2.22. The Morgan fingerprint density at radius 1 is 0.917 bits per heavy atom. The highest BCUT2D eigenvalue weighted by Crippen LogP contribution is 2.38. The third kappa shape index (κ3) is 3.88. The molecule has 1 heteroatoms. The van der Waals surface area contributed by atoms with E-state index in [4.69, 9.17) is 0 Å². The molecular weight excluding hydrogens is 295 g/mol. The zero-order valence-corrected chi connectivity index (χ0v) is 15.0. The van der Waals surface area contributed by atoms with Gasteiger partial charge in [0.25, 0.3) is 0 Å². The molecule has 1 aliphatic rings. The first-order valence-corrected chi connectivity index (χ1v) is 9.60. The molecule has 1 aliphatic carbocycles. The molecule has 0 unspecified atom stereocenters. The molecule has 0 amide bonds. The van der Waals surface area contributed by atoms with Crippen LogP contribution in [-0.4, -0.2) is 0 Å². The van der Waals surface area contributed by atoms with Crippen LogP contribution < -0.4 is 0 Å². The molecule has 2 aromatic carbocycles. The highest BCUT2D eigenvalue weighted by atomic mass is 19.1. The summed E-state index contributed by atoms with van der Waals surface area (Å²) in [6.45, 7) is 4.41. The second-order valence-corrected chi connectivity index (χ2v) is 7.30. The van der Waals surface area contributed by atoms with Crippen molar-refractivity contribution in [2.75, 3.05) is 0 Å². The molecule has 0 N–H and O–H groups in total. The molecule has 0 aliphatic heterocycles. The average Bonchev–Trinajstić information content (AvgIpc) is 2.63. The fraction of sp³-hybridized carbons (Fsp3) is 0.478. The van der Waals surface area contributed by atoms with Crippen molar-refractivity contribution < 1.29 is 4.39 Å². The molecule has 24 heavy (non-hydrogen) atoms. The Bertz CT molecular complexity index is 648.